The summed E-state index contributed by atoms with van der Waals surface area (Å²) in [6, 6.07) is 53.8. The molecule has 6 aromatic carbocycles. The number of rotatable bonds is 4. The number of nitrogens with zero attached hydrogens (tertiary/aromatic N) is 6. The molecular formula is C40H26N6. The molecular weight excluding hydrogens is 564 g/mol. The van der Waals surface area contributed by atoms with Crippen LogP contribution in [0.2, 0.25) is 0 Å². The van der Waals surface area contributed by atoms with E-state index in [0.29, 0.717) is 17.5 Å². The van der Waals surface area contributed by atoms with Gasteiger partial charge in [-0.15, -0.1) is 0 Å². The molecule has 0 unspecified atom stereocenters. The van der Waals surface area contributed by atoms with E-state index >= 15 is 0 Å². The van der Waals surface area contributed by atoms with E-state index in [2.05, 4.69) is 94.4 Å². The summed E-state index contributed by atoms with van der Waals surface area (Å²) in [5, 5.41) is 0. The third kappa shape index (κ3) is 4.19. The molecule has 6 nitrogen and oxygen atoms in total. The molecule has 0 amide bonds. The van der Waals surface area contributed by atoms with E-state index in [-0.39, 0.29) is 0 Å². The Labute approximate surface area is 266 Å². The third-order valence-corrected chi connectivity index (χ3v) is 8.41. The van der Waals surface area contributed by atoms with Crippen molar-refractivity contribution in [2.75, 3.05) is 4.90 Å². The van der Waals surface area contributed by atoms with E-state index < -0.39 is 0 Å². The van der Waals surface area contributed by atoms with Gasteiger partial charge in [-0.1, -0.05) is 121 Å². The molecule has 0 fully saturated rings. The molecule has 0 atom stereocenters. The first kappa shape index (κ1) is 26.0. The number of fused-ring (bicyclic) bond motifs is 7. The van der Waals surface area contributed by atoms with Crippen LogP contribution in [-0.4, -0.2) is 24.5 Å². The van der Waals surface area contributed by atoms with Crippen molar-refractivity contribution in [2.24, 2.45) is 0 Å². The Bertz CT molecular complexity index is 2320. The predicted octanol–water partition coefficient (Wildman–Crippen LogP) is 9.66. The Morgan fingerprint density at radius 1 is 0.348 bits per heavy atom. The topological polar surface area (TPSA) is 59.7 Å². The zero-order chi connectivity index (χ0) is 30.5. The zero-order valence-corrected chi connectivity index (χ0v) is 24.7. The Hall–Kier alpha value is -6.40. The molecule has 216 valence electrons. The zero-order valence-electron chi connectivity index (χ0n) is 24.7. The van der Waals surface area contributed by atoms with Crippen LogP contribution < -0.4 is 4.90 Å². The number of anilines is 3. The Morgan fingerprint density at radius 2 is 0.804 bits per heavy atom. The minimum Gasteiger partial charge on any atom is -0.279 e. The van der Waals surface area contributed by atoms with Gasteiger partial charge in [0.1, 0.15) is 0 Å². The number of benzene rings is 6. The van der Waals surface area contributed by atoms with E-state index in [1.54, 1.807) is 0 Å². The maximum absolute atomic E-state index is 5.27. The van der Waals surface area contributed by atoms with Crippen molar-refractivity contribution >= 4 is 28.4 Å². The smallest absolute Gasteiger partial charge is 0.220 e. The third-order valence-electron chi connectivity index (χ3n) is 8.41. The fourth-order valence-electron chi connectivity index (χ4n) is 6.33. The number of imidazole rings is 1. The summed E-state index contributed by atoms with van der Waals surface area (Å²) in [6.07, 6.45) is 0. The van der Waals surface area contributed by atoms with Crippen LogP contribution in [0.5, 0.6) is 0 Å². The molecule has 0 saturated carbocycles. The lowest BCUT2D eigenvalue weighted by molar-refractivity contribution is 1.04. The van der Waals surface area contributed by atoms with Crippen LogP contribution in [0.25, 0.3) is 62.0 Å². The van der Waals surface area contributed by atoms with E-state index in [1.807, 2.05) is 72.8 Å². The molecule has 1 aliphatic rings. The fourth-order valence-corrected chi connectivity index (χ4v) is 6.33. The van der Waals surface area contributed by atoms with Crippen molar-refractivity contribution < 1.29 is 0 Å². The van der Waals surface area contributed by atoms with Gasteiger partial charge < -0.3 is 0 Å². The van der Waals surface area contributed by atoms with E-state index in [1.165, 1.54) is 0 Å². The van der Waals surface area contributed by atoms with Gasteiger partial charge in [0.15, 0.2) is 17.5 Å². The predicted molar refractivity (Wildman–Crippen MR) is 184 cm³/mol. The molecule has 1 aliphatic heterocycles. The summed E-state index contributed by atoms with van der Waals surface area (Å²) in [5.41, 5.74) is 9.98. The summed E-state index contributed by atoms with van der Waals surface area (Å²) in [4.78, 5) is 22.6. The molecule has 9 rings (SSSR count). The van der Waals surface area contributed by atoms with Crippen LogP contribution in [-0.2, 0) is 0 Å². The average Bonchev–Trinajstić information content (AvgIpc) is 3.46. The molecule has 2 aromatic heterocycles. The second kappa shape index (κ2) is 10.6. The van der Waals surface area contributed by atoms with Gasteiger partial charge in [0, 0.05) is 27.8 Å². The normalized spacial score (nSPS) is 11.9. The molecule has 0 radical (unpaired) electrons. The first-order chi connectivity index (χ1) is 22.8. The first-order valence-corrected chi connectivity index (χ1v) is 15.3. The van der Waals surface area contributed by atoms with Gasteiger partial charge in [0.2, 0.25) is 5.95 Å². The summed E-state index contributed by atoms with van der Waals surface area (Å²) in [7, 11) is 0. The highest BCUT2D eigenvalue weighted by Gasteiger charge is 2.30. The van der Waals surface area contributed by atoms with Crippen molar-refractivity contribution in [3.8, 4) is 51.0 Å². The SMILES string of the molecule is c1ccc(-c2nc(-c3ccccc3)nc(-c3ccccc3N3c4ccccc4-c4ccccc4-n4c3nc3ccccc34)n2)cc1. The summed E-state index contributed by atoms with van der Waals surface area (Å²) < 4.78 is 2.26. The van der Waals surface area contributed by atoms with Gasteiger partial charge in [-0.3, -0.25) is 9.47 Å². The second-order valence-corrected chi connectivity index (χ2v) is 11.2. The summed E-state index contributed by atoms with van der Waals surface area (Å²) in [5.74, 6) is 2.63. The Kier molecular flexibility index (Phi) is 6.03. The van der Waals surface area contributed by atoms with Crippen LogP contribution >= 0.6 is 0 Å². The van der Waals surface area contributed by atoms with Gasteiger partial charge in [0.25, 0.3) is 0 Å². The molecule has 6 heteroatoms. The van der Waals surface area contributed by atoms with Gasteiger partial charge in [-0.05, 0) is 36.4 Å². The average molecular weight is 591 g/mol. The van der Waals surface area contributed by atoms with Crippen molar-refractivity contribution in [1.29, 1.82) is 0 Å². The minimum absolute atomic E-state index is 0.588. The van der Waals surface area contributed by atoms with Gasteiger partial charge >= 0.3 is 0 Å². The lowest BCUT2D eigenvalue weighted by atomic mass is 10.0. The first-order valence-electron chi connectivity index (χ1n) is 15.3. The number of hydrogen-bond donors (Lipinski definition) is 0. The number of aromatic nitrogens is 5. The van der Waals surface area contributed by atoms with Crippen LogP contribution in [0.15, 0.2) is 158 Å². The van der Waals surface area contributed by atoms with Crippen LogP contribution in [0.3, 0.4) is 0 Å². The maximum atomic E-state index is 5.27. The van der Waals surface area contributed by atoms with Crippen molar-refractivity contribution in [3.63, 3.8) is 0 Å². The molecule has 3 heterocycles. The lowest BCUT2D eigenvalue weighted by Crippen LogP contribution is -2.15. The van der Waals surface area contributed by atoms with Crippen LogP contribution in [0.4, 0.5) is 17.3 Å². The maximum Gasteiger partial charge on any atom is 0.220 e. The van der Waals surface area contributed by atoms with E-state index in [0.717, 1.165) is 61.9 Å². The number of para-hydroxylation sites is 5. The van der Waals surface area contributed by atoms with Crippen LogP contribution in [0.1, 0.15) is 0 Å². The molecule has 8 aromatic rings. The molecule has 0 N–H and O–H groups in total. The Balaban J connectivity index is 1.34. The Morgan fingerprint density at radius 3 is 1.46 bits per heavy atom. The lowest BCUT2D eigenvalue weighted by Gasteiger charge is -2.26. The van der Waals surface area contributed by atoms with E-state index in [9.17, 15) is 0 Å². The van der Waals surface area contributed by atoms with E-state index in [4.69, 9.17) is 19.9 Å². The summed E-state index contributed by atoms with van der Waals surface area (Å²) >= 11 is 0. The molecule has 0 aliphatic carbocycles. The van der Waals surface area contributed by atoms with Crippen molar-refractivity contribution in [1.82, 2.24) is 24.5 Å². The quantitative estimate of drug-likeness (QED) is 0.204. The van der Waals surface area contributed by atoms with Gasteiger partial charge in [0.05, 0.1) is 28.1 Å². The largest absolute Gasteiger partial charge is 0.279 e. The summed E-state index contributed by atoms with van der Waals surface area (Å²) in [6.45, 7) is 0. The van der Waals surface area contributed by atoms with Gasteiger partial charge in [-0.25, -0.2) is 19.9 Å². The second-order valence-electron chi connectivity index (χ2n) is 11.2. The van der Waals surface area contributed by atoms with Crippen molar-refractivity contribution in [3.05, 3.63) is 158 Å². The van der Waals surface area contributed by atoms with Gasteiger partial charge in [-0.2, -0.15) is 0 Å². The molecule has 0 bridgehead atoms. The van der Waals surface area contributed by atoms with Crippen molar-refractivity contribution in [2.45, 2.75) is 0 Å². The molecule has 0 spiro atoms. The number of hydrogen-bond acceptors (Lipinski definition) is 5. The minimum atomic E-state index is 0.588. The molecule has 0 saturated heterocycles. The monoisotopic (exact) mass is 590 g/mol. The van der Waals surface area contributed by atoms with Crippen LogP contribution in [0, 0.1) is 0 Å². The standard InChI is InChI=1S/C40H26N6/c1-3-15-27(16-4-1)37-42-38(28-17-5-2-6-18-28)44-39(43-37)31-21-9-13-25-35(31)45-33-23-11-7-19-29(33)30-20-8-12-24-34(30)46-36-26-14-10-22-32(36)41-40(45)46/h1-26H. The highest BCUT2D eigenvalue weighted by molar-refractivity contribution is 5.98. The molecule has 46 heavy (non-hydrogen) atoms. The fraction of sp³-hybridized carbons (Fsp3) is 0. The highest BCUT2D eigenvalue weighted by Crippen LogP contribution is 2.49. The highest BCUT2D eigenvalue weighted by atomic mass is 15.3.